The Hall–Kier alpha value is -0.410. The predicted octanol–water partition coefficient (Wildman–Crippen LogP) is 2.79. The minimum Gasteiger partial charge on any atom is -0.330 e. The second kappa shape index (κ2) is 5.47. The van der Waals surface area contributed by atoms with Gasteiger partial charge in [-0.1, -0.05) is 20.8 Å². The van der Waals surface area contributed by atoms with Crippen molar-refractivity contribution in [1.82, 2.24) is 4.98 Å². The van der Waals surface area contributed by atoms with E-state index in [4.69, 9.17) is 5.73 Å². The zero-order valence-corrected chi connectivity index (χ0v) is 10.1. The molecule has 2 nitrogen and oxygen atoms in total. The Balaban J connectivity index is 2.58. The van der Waals surface area contributed by atoms with Gasteiger partial charge in [-0.25, -0.2) is 4.98 Å². The third kappa shape index (κ3) is 3.39. The molecule has 2 N–H and O–H groups in total. The van der Waals surface area contributed by atoms with E-state index in [1.807, 2.05) is 0 Å². The van der Waals surface area contributed by atoms with E-state index < -0.39 is 0 Å². The van der Waals surface area contributed by atoms with E-state index in [1.54, 1.807) is 11.3 Å². The first kappa shape index (κ1) is 11.7. The number of hydrogen-bond acceptors (Lipinski definition) is 3. The lowest BCUT2D eigenvalue weighted by Crippen LogP contribution is -2.04. The van der Waals surface area contributed by atoms with Gasteiger partial charge in [0.05, 0.1) is 10.7 Å². The zero-order valence-electron chi connectivity index (χ0n) is 9.29. The van der Waals surface area contributed by atoms with E-state index in [1.165, 1.54) is 10.7 Å². The van der Waals surface area contributed by atoms with Gasteiger partial charge in [0.25, 0.3) is 0 Å². The van der Waals surface area contributed by atoms with Gasteiger partial charge in [-0.2, -0.15) is 0 Å². The molecule has 1 atom stereocenters. The molecule has 0 aromatic carbocycles. The highest BCUT2D eigenvalue weighted by molar-refractivity contribution is 7.09. The smallest absolute Gasteiger partial charge is 0.0956 e. The number of thiazole rings is 1. The molecule has 1 aromatic rings. The van der Waals surface area contributed by atoms with Crippen molar-refractivity contribution in [3.05, 3.63) is 16.1 Å². The first-order chi connectivity index (χ1) is 6.63. The van der Waals surface area contributed by atoms with E-state index in [2.05, 4.69) is 31.1 Å². The van der Waals surface area contributed by atoms with Crippen molar-refractivity contribution in [3.63, 3.8) is 0 Å². The fourth-order valence-corrected chi connectivity index (χ4v) is 2.36. The lowest BCUT2D eigenvalue weighted by molar-refractivity contribution is 0.629. The van der Waals surface area contributed by atoms with E-state index in [9.17, 15) is 0 Å². The highest BCUT2D eigenvalue weighted by Gasteiger charge is 2.10. The molecule has 1 aromatic heterocycles. The van der Waals surface area contributed by atoms with Crippen LogP contribution in [0.4, 0.5) is 0 Å². The molecule has 0 spiro atoms. The van der Waals surface area contributed by atoms with Gasteiger partial charge in [0, 0.05) is 11.3 Å². The molecular weight excluding hydrogens is 192 g/mol. The van der Waals surface area contributed by atoms with Gasteiger partial charge in [0.1, 0.15) is 0 Å². The van der Waals surface area contributed by atoms with Gasteiger partial charge in [-0.3, -0.25) is 0 Å². The van der Waals surface area contributed by atoms with Crippen LogP contribution in [0.15, 0.2) is 5.38 Å². The largest absolute Gasteiger partial charge is 0.330 e. The predicted molar refractivity (Wildman–Crippen MR) is 62.7 cm³/mol. The van der Waals surface area contributed by atoms with Crippen molar-refractivity contribution < 1.29 is 0 Å². The van der Waals surface area contributed by atoms with Gasteiger partial charge in [-0.05, 0) is 25.3 Å². The Kier molecular flexibility index (Phi) is 4.55. The van der Waals surface area contributed by atoms with Crippen LogP contribution in [0, 0.1) is 5.92 Å². The first-order valence-electron chi connectivity index (χ1n) is 5.27. The summed E-state index contributed by atoms with van der Waals surface area (Å²) < 4.78 is 0. The highest BCUT2D eigenvalue weighted by atomic mass is 32.1. The van der Waals surface area contributed by atoms with E-state index in [0.29, 0.717) is 11.8 Å². The molecule has 1 heterocycles. The monoisotopic (exact) mass is 212 g/mol. The molecule has 0 aliphatic rings. The summed E-state index contributed by atoms with van der Waals surface area (Å²) in [6.45, 7) is 7.40. The first-order valence-corrected chi connectivity index (χ1v) is 6.15. The third-order valence-electron chi connectivity index (χ3n) is 2.21. The van der Waals surface area contributed by atoms with Gasteiger partial charge in [0.2, 0.25) is 0 Å². The molecule has 0 aliphatic heterocycles. The van der Waals surface area contributed by atoms with Crippen LogP contribution >= 0.6 is 11.3 Å². The Labute approximate surface area is 90.6 Å². The molecule has 0 radical (unpaired) electrons. The van der Waals surface area contributed by atoms with Crippen molar-refractivity contribution in [2.75, 3.05) is 6.54 Å². The average Bonchev–Trinajstić information content (AvgIpc) is 2.52. The molecular formula is C11H20N2S. The topological polar surface area (TPSA) is 38.9 Å². The van der Waals surface area contributed by atoms with E-state index >= 15 is 0 Å². The van der Waals surface area contributed by atoms with Crippen LogP contribution in [-0.2, 0) is 6.42 Å². The van der Waals surface area contributed by atoms with Crippen molar-refractivity contribution in [2.45, 2.75) is 39.5 Å². The lowest BCUT2D eigenvalue weighted by atomic mass is 10.1. The maximum Gasteiger partial charge on any atom is 0.0956 e. The molecule has 14 heavy (non-hydrogen) atoms. The van der Waals surface area contributed by atoms with Gasteiger partial charge in [0.15, 0.2) is 0 Å². The molecule has 0 saturated heterocycles. The molecule has 80 valence electrons. The number of rotatable bonds is 5. The van der Waals surface area contributed by atoms with Crippen LogP contribution in [0.25, 0.3) is 0 Å². The quantitative estimate of drug-likeness (QED) is 0.815. The minimum atomic E-state index is 0.519. The number of aromatic nitrogens is 1. The zero-order chi connectivity index (χ0) is 10.6. The van der Waals surface area contributed by atoms with Crippen LogP contribution in [-0.4, -0.2) is 11.5 Å². The van der Waals surface area contributed by atoms with Crippen LogP contribution in [0.2, 0.25) is 0 Å². The Bertz CT molecular complexity index is 268. The van der Waals surface area contributed by atoms with Crippen molar-refractivity contribution in [2.24, 2.45) is 11.7 Å². The maximum absolute atomic E-state index is 5.53. The highest BCUT2D eigenvalue weighted by Crippen LogP contribution is 2.23. The summed E-state index contributed by atoms with van der Waals surface area (Å²) in [7, 11) is 0. The van der Waals surface area contributed by atoms with Gasteiger partial charge < -0.3 is 5.73 Å². The van der Waals surface area contributed by atoms with E-state index in [-0.39, 0.29) is 0 Å². The minimum absolute atomic E-state index is 0.519. The maximum atomic E-state index is 5.53. The molecule has 0 saturated carbocycles. The molecule has 1 rings (SSSR count). The average molecular weight is 212 g/mol. The summed E-state index contributed by atoms with van der Waals surface area (Å²) in [5, 5.41) is 3.42. The second-order valence-corrected chi connectivity index (χ2v) is 5.14. The van der Waals surface area contributed by atoms with Gasteiger partial charge in [-0.15, -0.1) is 11.3 Å². The molecule has 0 amide bonds. The summed E-state index contributed by atoms with van der Waals surface area (Å²) in [4.78, 5) is 4.63. The Morgan fingerprint density at radius 1 is 1.43 bits per heavy atom. The van der Waals surface area contributed by atoms with Crippen LogP contribution < -0.4 is 5.73 Å². The summed E-state index contributed by atoms with van der Waals surface area (Å²) in [6.07, 6.45) is 2.13. The van der Waals surface area contributed by atoms with Crippen LogP contribution in [0.5, 0.6) is 0 Å². The summed E-state index contributed by atoms with van der Waals surface area (Å²) in [5.41, 5.74) is 6.77. The summed E-state index contributed by atoms with van der Waals surface area (Å²) >= 11 is 1.77. The lowest BCUT2D eigenvalue weighted by Gasteiger charge is -2.05. The molecule has 1 unspecified atom stereocenters. The molecule has 3 heteroatoms. The fraction of sp³-hybridized carbons (Fsp3) is 0.727. The van der Waals surface area contributed by atoms with Crippen LogP contribution in [0.3, 0.4) is 0 Å². The Morgan fingerprint density at radius 2 is 2.14 bits per heavy atom. The Morgan fingerprint density at radius 3 is 2.71 bits per heavy atom. The SMILES string of the molecule is CC(C)Cc1csc(C(C)CCN)n1. The summed E-state index contributed by atoms with van der Waals surface area (Å²) in [5.74, 6) is 1.21. The number of nitrogens with two attached hydrogens (primary N) is 1. The number of nitrogens with zero attached hydrogens (tertiary/aromatic N) is 1. The summed E-state index contributed by atoms with van der Waals surface area (Å²) in [6, 6.07) is 0. The molecule has 0 bridgehead atoms. The van der Waals surface area contributed by atoms with Crippen molar-refractivity contribution in [1.29, 1.82) is 0 Å². The third-order valence-corrected chi connectivity index (χ3v) is 3.33. The van der Waals surface area contributed by atoms with Crippen LogP contribution in [0.1, 0.15) is 43.8 Å². The molecule has 0 fully saturated rings. The second-order valence-electron chi connectivity index (χ2n) is 4.25. The van der Waals surface area contributed by atoms with Gasteiger partial charge >= 0.3 is 0 Å². The fourth-order valence-electron chi connectivity index (χ4n) is 1.43. The standard InChI is InChI=1S/C11H20N2S/c1-8(2)6-10-7-14-11(13-10)9(3)4-5-12/h7-9H,4-6,12H2,1-3H3. The normalized spacial score (nSPS) is 13.5. The number of hydrogen-bond donors (Lipinski definition) is 1. The van der Waals surface area contributed by atoms with E-state index in [0.717, 1.165) is 19.4 Å². The van der Waals surface area contributed by atoms with Crippen molar-refractivity contribution in [3.8, 4) is 0 Å². The van der Waals surface area contributed by atoms with Crippen molar-refractivity contribution >= 4 is 11.3 Å². The molecule has 0 aliphatic carbocycles.